The third-order valence-electron chi connectivity index (χ3n) is 1.32. The van der Waals surface area contributed by atoms with Crippen molar-refractivity contribution in [3.63, 3.8) is 0 Å². The van der Waals surface area contributed by atoms with Crippen molar-refractivity contribution in [1.29, 1.82) is 0 Å². The Bertz CT molecular complexity index is 248. The highest BCUT2D eigenvalue weighted by Gasteiger charge is 2.00. The van der Waals surface area contributed by atoms with Crippen molar-refractivity contribution in [2.45, 2.75) is 0 Å². The molecule has 4 nitrogen and oxygen atoms in total. The van der Waals surface area contributed by atoms with Crippen LogP contribution in [-0.4, -0.2) is 14.2 Å². The lowest BCUT2D eigenvalue weighted by Gasteiger charge is -2.12. The lowest BCUT2D eigenvalue weighted by atomic mass is 10.3. The Kier molecular flexibility index (Phi) is 3.22. The highest BCUT2D eigenvalue weighted by atomic mass is 16.7. The Balaban J connectivity index is 2.80. The van der Waals surface area contributed by atoms with Crippen molar-refractivity contribution in [2.75, 3.05) is 19.3 Å². The van der Waals surface area contributed by atoms with E-state index >= 15 is 0 Å². The van der Waals surface area contributed by atoms with E-state index < -0.39 is 0 Å². The highest BCUT2D eigenvalue weighted by molar-refractivity contribution is 5.41. The molecule has 0 radical (unpaired) electrons. The normalized spacial score (nSPS) is 10.5. The van der Waals surface area contributed by atoms with Crippen LogP contribution in [0.15, 0.2) is 40.7 Å². The molecule has 4 heteroatoms. The van der Waals surface area contributed by atoms with Gasteiger partial charge in [-0.1, -0.05) is 18.2 Å². The quantitative estimate of drug-likeness (QED) is 0.507. The predicted octanol–water partition coefficient (Wildman–Crippen LogP) is 2.05. The van der Waals surface area contributed by atoms with E-state index in [0.29, 0.717) is 0 Å². The van der Waals surface area contributed by atoms with Gasteiger partial charge in [0.1, 0.15) is 0 Å². The molecule has 0 spiro atoms. The van der Waals surface area contributed by atoms with E-state index in [2.05, 4.69) is 10.3 Å². The molecule has 0 atom stereocenters. The molecular formula is C8H11N3O. The molecule has 0 N–H and O–H groups in total. The topological polar surface area (TPSA) is 37.2 Å². The molecular weight excluding hydrogens is 154 g/mol. The fraction of sp³-hybridized carbons (Fsp3) is 0.250. The number of benzene rings is 1. The minimum absolute atomic E-state index is 0.852. The maximum Gasteiger partial charge on any atom is 0.0918 e. The Labute approximate surface area is 71.4 Å². The van der Waals surface area contributed by atoms with E-state index in [-0.39, 0.29) is 0 Å². The van der Waals surface area contributed by atoms with Gasteiger partial charge in [-0.2, -0.15) is 5.11 Å². The Morgan fingerprint density at radius 2 is 1.92 bits per heavy atom. The van der Waals surface area contributed by atoms with Gasteiger partial charge in [-0.05, 0) is 17.4 Å². The van der Waals surface area contributed by atoms with Crippen molar-refractivity contribution in [3.8, 4) is 0 Å². The van der Waals surface area contributed by atoms with Gasteiger partial charge in [-0.3, -0.25) is 4.84 Å². The van der Waals surface area contributed by atoms with Crippen LogP contribution in [0.5, 0.6) is 0 Å². The summed E-state index contributed by atoms with van der Waals surface area (Å²) in [4.78, 5) is 4.95. The molecule has 0 aromatic heterocycles. The van der Waals surface area contributed by atoms with Gasteiger partial charge < -0.3 is 0 Å². The van der Waals surface area contributed by atoms with Gasteiger partial charge in [0.05, 0.1) is 19.8 Å². The van der Waals surface area contributed by atoms with Crippen LogP contribution in [0, 0.1) is 0 Å². The molecule has 1 aromatic rings. The van der Waals surface area contributed by atoms with Gasteiger partial charge in [0.2, 0.25) is 0 Å². The fourth-order valence-corrected chi connectivity index (χ4v) is 0.830. The zero-order valence-corrected chi connectivity index (χ0v) is 7.14. The van der Waals surface area contributed by atoms with Crippen LogP contribution in [0.2, 0.25) is 0 Å². The number of nitrogens with zero attached hydrogens (tertiary/aromatic N) is 3. The molecule has 0 heterocycles. The summed E-state index contributed by atoms with van der Waals surface area (Å²) in [6, 6.07) is 9.52. The Morgan fingerprint density at radius 1 is 1.25 bits per heavy atom. The number of anilines is 1. The van der Waals surface area contributed by atoms with Gasteiger partial charge in [0, 0.05) is 0 Å². The predicted molar refractivity (Wildman–Crippen MR) is 46.7 cm³/mol. The van der Waals surface area contributed by atoms with Gasteiger partial charge >= 0.3 is 0 Å². The molecule has 1 aromatic carbocycles. The molecule has 0 fully saturated rings. The minimum Gasteiger partial charge on any atom is -0.254 e. The lowest BCUT2D eigenvalue weighted by Crippen LogP contribution is -2.12. The summed E-state index contributed by atoms with van der Waals surface area (Å²) in [5, 5.41) is 8.71. The molecule has 0 aliphatic rings. The summed E-state index contributed by atoms with van der Waals surface area (Å²) in [6.45, 7) is 0. The molecule has 0 saturated carbocycles. The largest absolute Gasteiger partial charge is 0.254 e. The van der Waals surface area contributed by atoms with E-state index in [4.69, 9.17) is 4.84 Å². The summed E-state index contributed by atoms with van der Waals surface area (Å²) in [6.07, 6.45) is 0. The molecule has 0 bridgehead atoms. The average molecular weight is 165 g/mol. The molecule has 0 aliphatic carbocycles. The highest BCUT2D eigenvalue weighted by Crippen LogP contribution is 2.12. The van der Waals surface area contributed by atoms with Crippen LogP contribution in [0.1, 0.15) is 0 Å². The summed E-state index contributed by atoms with van der Waals surface area (Å²) < 4.78 is 0. The van der Waals surface area contributed by atoms with Crippen molar-refractivity contribution >= 4 is 5.69 Å². The van der Waals surface area contributed by atoms with Crippen LogP contribution in [0.25, 0.3) is 0 Å². The fourth-order valence-electron chi connectivity index (χ4n) is 0.830. The van der Waals surface area contributed by atoms with Gasteiger partial charge in [-0.15, -0.1) is 5.17 Å². The first-order chi connectivity index (χ1) is 5.88. The third-order valence-corrected chi connectivity index (χ3v) is 1.32. The number of para-hydroxylation sites is 1. The first-order valence-electron chi connectivity index (χ1n) is 3.57. The minimum atomic E-state index is 0.852. The standard InChI is InChI=1S/C8H11N3O/c1-9-10-11(12-2)8-6-4-3-5-7-8/h3-7H,1-2H3. The van der Waals surface area contributed by atoms with E-state index in [1.807, 2.05) is 30.3 Å². The lowest BCUT2D eigenvalue weighted by molar-refractivity contribution is 0.164. The van der Waals surface area contributed by atoms with Crippen molar-refractivity contribution in [1.82, 2.24) is 0 Å². The maximum atomic E-state index is 4.95. The summed E-state index contributed by atoms with van der Waals surface area (Å²) in [5.74, 6) is 0. The van der Waals surface area contributed by atoms with Gasteiger partial charge in [0.15, 0.2) is 0 Å². The van der Waals surface area contributed by atoms with Crippen LogP contribution in [0.3, 0.4) is 0 Å². The first kappa shape index (κ1) is 8.67. The summed E-state index contributed by atoms with van der Waals surface area (Å²) >= 11 is 0. The Hall–Kier alpha value is -1.42. The van der Waals surface area contributed by atoms with Crippen LogP contribution in [-0.2, 0) is 4.84 Å². The van der Waals surface area contributed by atoms with Crippen LogP contribution in [0.4, 0.5) is 5.69 Å². The van der Waals surface area contributed by atoms with Crippen molar-refractivity contribution < 1.29 is 4.84 Å². The van der Waals surface area contributed by atoms with E-state index in [0.717, 1.165) is 5.69 Å². The summed E-state index contributed by atoms with van der Waals surface area (Å²) in [5.41, 5.74) is 0.852. The molecule has 64 valence electrons. The summed E-state index contributed by atoms with van der Waals surface area (Å²) in [7, 11) is 3.14. The molecule has 12 heavy (non-hydrogen) atoms. The molecule has 0 unspecified atom stereocenters. The SMILES string of the molecule is CN=NN(OC)c1ccccc1. The van der Waals surface area contributed by atoms with Crippen LogP contribution < -0.4 is 5.17 Å². The zero-order valence-electron chi connectivity index (χ0n) is 7.14. The number of rotatable bonds is 3. The molecule has 0 amide bonds. The van der Waals surface area contributed by atoms with E-state index in [1.165, 1.54) is 5.17 Å². The first-order valence-corrected chi connectivity index (χ1v) is 3.57. The van der Waals surface area contributed by atoms with E-state index in [9.17, 15) is 0 Å². The monoisotopic (exact) mass is 165 g/mol. The third kappa shape index (κ3) is 2.03. The average Bonchev–Trinajstić information content (AvgIpc) is 2.15. The second kappa shape index (κ2) is 4.46. The van der Waals surface area contributed by atoms with Gasteiger partial charge in [0.25, 0.3) is 0 Å². The molecule has 0 saturated heterocycles. The van der Waals surface area contributed by atoms with Crippen molar-refractivity contribution in [3.05, 3.63) is 30.3 Å². The molecule has 1 rings (SSSR count). The maximum absolute atomic E-state index is 4.95. The smallest absolute Gasteiger partial charge is 0.0918 e. The van der Waals surface area contributed by atoms with Crippen molar-refractivity contribution in [2.24, 2.45) is 10.3 Å². The van der Waals surface area contributed by atoms with Crippen LogP contribution >= 0.6 is 0 Å². The number of hydrogen-bond acceptors (Lipinski definition) is 3. The second-order valence-corrected chi connectivity index (χ2v) is 2.08. The Morgan fingerprint density at radius 3 is 2.42 bits per heavy atom. The molecule has 0 aliphatic heterocycles. The zero-order chi connectivity index (χ0) is 8.81. The second-order valence-electron chi connectivity index (χ2n) is 2.08. The van der Waals surface area contributed by atoms with E-state index in [1.54, 1.807) is 14.2 Å². The van der Waals surface area contributed by atoms with Gasteiger partial charge in [-0.25, -0.2) is 0 Å². The number of hydrogen-bond donors (Lipinski definition) is 0.